The van der Waals surface area contributed by atoms with Crippen LogP contribution in [0.2, 0.25) is 0 Å². The molecule has 3 N–H and O–H groups in total. The third-order valence-corrected chi connectivity index (χ3v) is 3.25. The van der Waals surface area contributed by atoms with Gasteiger partial charge in [0.05, 0.1) is 4.92 Å². The molecule has 9 heteroatoms. The predicted octanol–water partition coefficient (Wildman–Crippen LogP) is 3.01. The molecule has 136 valence electrons. The summed E-state index contributed by atoms with van der Waals surface area (Å²) in [5, 5.41) is 27.8. The fraction of sp³-hybridized carbons (Fsp3) is 0.0556. The topological polar surface area (TPSA) is 137 Å². The third kappa shape index (κ3) is 5.68. The first-order valence-corrected chi connectivity index (χ1v) is 7.69. The average Bonchev–Trinajstić information content (AvgIpc) is 2.62. The lowest BCUT2D eigenvalue weighted by Crippen LogP contribution is -2.14. The molecule has 2 aromatic carbocycles. The second-order valence-electron chi connectivity index (χ2n) is 5.34. The monoisotopic (exact) mass is 365 g/mol. The second kappa shape index (κ2) is 8.77. The Balaban J connectivity index is 2.10. The lowest BCUT2D eigenvalue weighted by atomic mass is 10.2. The SMILES string of the molecule is CC(=O)Nc1cccc(N/C=C(/C#N)C(=O)Nc2cccc([N+](=O)[O-])c2)c1. The van der Waals surface area contributed by atoms with Gasteiger partial charge in [-0.3, -0.25) is 19.7 Å². The quantitative estimate of drug-likeness (QED) is 0.311. The van der Waals surface area contributed by atoms with Crippen molar-refractivity contribution < 1.29 is 14.5 Å². The summed E-state index contributed by atoms with van der Waals surface area (Å²) in [6, 6.07) is 13.8. The lowest BCUT2D eigenvalue weighted by Gasteiger charge is -2.07. The molecule has 0 aliphatic heterocycles. The number of amides is 2. The Morgan fingerprint density at radius 2 is 1.70 bits per heavy atom. The minimum Gasteiger partial charge on any atom is -0.360 e. The zero-order chi connectivity index (χ0) is 19.8. The van der Waals surface area contributed by atoms with Crippen molar-refractivity contribution in [1.29, 1.82) is 5.26 Å². The number of rotatable bonds is 6. The zero-order valence-electron chi connectivity index (χ0n) is 14.2. The lowest BCUT2D eigenvalue weighted by molar-refractivity contribution is -0.384. The Bertz CT molecular complexity index is 962. The first kappa shape index (κ1) is 19.1. The number of nitrogens with zero attached hydrogens (tertiary/aromatic N) is 2. The van der Waals surface area contributed by atoms with E-state index in [1.807, 2.05) is 0 Å². The van der Waals surface area contributed by atoms with E-state index in [4.69, 9.17) is 0 Å². The van der Waals surface area contributed by atoms with E-state index in [0.29, 0.717) is 11.4 Å². The summed E-state index contributed by atoms with van der Waals surface area (Å²) in [5.74, 6) is -0.944. The molecular formula is C18H15N5O4. The Labute approximate surface area is 154 Å². The number of anilines is 3. The molecule has 0 saturated carbocycles. The van der Waals surface area contributed by atoms with Gasteiger partial charge in [0.2, 0.25) is 5.91 Å². The maximum Gasteiger partial charge on any atom is 0.271 e. The number of hydrogen-bond acceptors (Lipinski definition) is 6. The van der Waals surface area contributed by atoms with E-state index in [-0.39, 0.29) is 22.9 Å². The van der Waals surface area contributed by atoms with Crippen molar-refractivity contribution in [3.63, 3.8) is 0 Å². The van der Waals surface area contributed by atoms with E-state index in [2.05, 4.69) is 16.0 Å². The molecule has 2 aromatic rings. The molecule has 0 aliphatic carbocycles. The minimum absolute atomic E-state index is 0.178. The Hall–Kier alpha value is -4.19. The molecule has 2 rings (SSSR count). The van der Waals surface area contributed by atoms with E-state index in [9.17, 15) is 25.0 Å². The fourth-order valence-corrected chi connectivity index (χ4v) is 2.09. The van der Waals surface area contributed by atoms with Gasteiger partial charge in [-0.2, -0.15) is 5.26 Å². The van der Waals surface area contributed by atoms with Gasteiger partial charge in [0.25, 0.3) is 11.6 Å². The van der Waals surface area contributed by atoms with Crippen molar-refractivity contribution in [2.45, 2.75) is 6.92 Å². The van der Waals surface area contributed by atoms with Crippen molar-refractivity contribution in [3.05, 3.63) is 70.4 Å². The van der Waals surface area contributed by atoms with Crippen molar-refractivity contribution >= 4 is 34.6 Å². The average molecular weight is 365 g/mol. The number of nitrogens with one attached hydrogen (secondary N) is 3. The number of benzene rings is 2. The molecule has 0 aliphatic rings. The minimum atomic E-state index is -0.719. The van der Waals surface area contributed by atoms with Gasteiger partial charge in [0.1, 0.15) is 11.6 Å². The van der Waals surface area contributed by atoms with Crippen LogP contribution in [-0.4, -0.2) is 16.7 Å². The first-order valence-electron chi connectivity index (χ1n) is 7.69. The molecule has 0 spiro atoms. The molecule has 0 atom stereocenters. The second-order valence-corrected chi connectivity index (χ2v) is 5.34. The highest BCUT2D eigenvalue weighted by Crippen LogP contribution is 2.18. The maximum atomic E-state index is 12.2. The number of nitro benzene ring substituents is 1. The summed E-state index contributed by atoms with van der Waals surface area (Å²) in [7, 11) is 0. The Morgan fingerprint density at radius 1 is 1.07 bits per heavy atom. The van der Waals surface area contributed by atoms with E-state index < -0.39 is 10.8 Å². The normalized spacial score (nSPS) is 10.4. The van der Waals surface area contributed by atoms with Crippen LogP contribution in [0.3, 0.4) is 0 Å². The largest absolute Gasteiger partial charge is 0.360 e. The molecule has 0 aromatic heterocycles. The molecule has 27 heavy (non-hydrogen) atoms. The molecule has 0 fully saturated rings. The van der Waals surface area contributed by atoms with Crippen LogP contribution in [0.5, 0.6) is 0 Å². The highest BCUT2D eigenvalue weighted by Gasteiger charge is 2.12. The van der Waals surface area contributed by atoms with E-state index >= 15 is 0 Å². The van der Waals surface area contributed by atoms with Crippen LogP contribution in [0.15, 0.2) is 60.3 Å². The van der Waals surface area contributed by atoms with Crippen LogP contribution >= 0.6 is 0 Å². The maximum absolute atomic E-state index is 12.2. The van der Waals surface area contributed by atoms with Gasteiger partial charge in [-0.25, -0.2) is 0 Å². The van der Waals surface area contributed by atoms with Gasteiger partial charge in [-0.15, -0.1) is 0 Å². The molecule has 0 heterocycles. The van der Waals surface area contributed by atoms with Crippen LogP contribution in [0.4, 0.5) is 22.7 Å². The van der Waals surface area contributed by atoms with Crippen LogP contribution in [0, 0.1) is 21.4 Å². The van der Waals surface area contributed by atoms with Crippen LogP contribution in [0.1, 0.15) is 6.92 Å². The Morgan fingerprint density at radius 3 is 2.33 bits per heavy atom. The molecule has 0 radical (unpaired) electrons. The van der Waals surface area contributed by atoms with Crippen LogP contribution in [0.25, 0.3) is 0 Å². The highest BCUT2D eigenvalue weighted by molar-refractivity contribution is 6.06. The number of nitro groups is 1. The van der Waals surface area contributed by atoms with E-state index in [1.165, 1.54) is 37.4 Å². The van der Waals surface area contributed by atoms with E-state index in [0.717, 1.165) is 0 Å². The fourth-order valence-electron chi connectivity index (χ4n) is 2.09. The van der Waals surface area contributed by atoms with Crippen LogP contribution < -0.4 is 16.0 Å². The zero-order valence-corrected chi connectivity index (χ0v) is 14.2. The van der Waals surface area contributed by atoms with Gasteiger partial charge in [-0.05, 0) is 24.3 Å². The number of hydrogen-bond donors (Lipinski definition) is 3. The van der Waals surface area contributed by atoms with Gasteiger partial charge in [0, 0.05) is 42.3 Å². The first-order chi connectivity index (χ1) is 12.9. The summed E-state index contributed by atoms with van der Waals surface area (Å²) in [5.41, 5.74) is 0.898. The van der Waals surface area contributed by atoms with E-state index in [1.54, 1.807) is 30.3 Å². The summed E-state index contributed by atoms with van der Waals surface area (Å²) in [4.78, 5) is 33.5. The molecule has 0 unspecified atom stereocenters. The summed E-state index contributed by atoms with van der Waals surface area (Å²) >= 11 is 0. The summed E-state index contributed by atoms with van der Waals surface area (Å²) in [6.07, 6.45) is 1.21. The number of carbonyl (C=O) groups excluding carboxylic acids is 2. The van der Waals surface area contributed by atoms with Crippen molar-refractivity contribution in [2.75, 3.05) is 16.0 Å². The smallest absolute Gasteiger partial charge is 0.271 e. The predicted molar refractivity (Wildman–Crippen MR) is 99.8 cm³/mol. The van der Waals surface area contributed by atoms with Crippen molar-refractivity contribution in [3.8, 4) is 6.07 Å². The number of carbonyl (C=O) groups is 2. The summed E-state index contributed by atoms with van der Waals surface area (Å²) in [6.45, 7) is 1.38. The summed E-state index contributed by atoms with van der Waals surface area (Å²) < 4.78 is 0. The molecule has 9 nitrogen and oxygen atoms in total. The standard InChI is InChI=1S/C18H15N5O4/c1-12(24)21-15-5-2-4-14(8-15)20-11-13(10-19)18(25)22-16-6-3-7-17(9-16)23(26)27/h2-9,11,20H,1H3,(H,21,24)(H,22,25)/b13-11-. The number of non-ortho nitro benzene ring substituents is 1. The van der Waals surface area contributed by atoms with Gasteiger partial charge < -0.3 is 16.0 Å². The van der Waals surface area contributed by atoms with Gasteiger partial charge in [-0.1, -0.05) is 12.1 Å². The third-order valence-electron chi connectivity index (χ3n) is 3.25. The van der Waals surface area contributed by atoms with Gasteiger partial charge in [0.15, 0.2) is 0 Å². The number of nitriles is 1. The molecule has 0 saturated heterocycles. The van der Waals surface area contributed by atoms with Crippen molar-refractivity contribution in [2.24, 2.45) is 0 Å². The van der Waals surface area contributed by atoms with Gasteiger partial charge >= 0.3 is 0 Å². The van der Waals surface area contributed by atoms with Crippen molar-refractivity contribution in [1.82, 2.24) is 0 Å². The van der Waals surface area contributed by atoms with Crippen LogP contribution in [-0.2, 0) is 9.59 Å². The molecule has 0 bridgehead atoms. The Kier molecular flexibility index (Phi) is 6.22. The molecular weight excluding hydrogens is 350 g/mol. The highest BCUT2D eigenvalue weighted by atomic mass is 16.6. The molecule has 2 amide bonds.